The van der Waals surface area contributed by atoms with Crippen molar-refractivity contribution >= 4 is 43.7 Å². The number of benzene rings is 7. The first-order chi connectivity index (χ1) is 28.2. The van der Waals surface area contributed by atoms with Gasteiger partial charge in [0.2, 0.25) is 0 Å². The number of hydrogen-bond donors (Lipinski definition) is 1. The molecule has 57 heavy (non-hydrogen) atoms. The van der Waals surface area contributed by atoms with Crippen LogP contribution in [0.25, 0.3) is 71.8 Å². The van der Waals surface area contributed by atoms with Crippen LogP contribution in [-0.4, -0.2) is 26.7 Å². The van der Waals surface area contributed by atoms with Crippen molar-refractivity contribution in [2.45, 2.75) is 18.6 Å². The van der Waals surface area contributed by atoms with Gasteiger partial charge in [-0.3, -0.25) is 0 Å². The number of hydrogen-bond acceptors (Lipinski definition) is 2. The zero-order chi connectivity index (χ0) is 37.9. The first-order valence-electron chi connectivity index (χ1n) is 19.9. The summed E-state index contributed by atoms with van der Waals surface area (Å²) < 4.78 is 2.41. The maximum absolute atomic E-state index is 10.4. The van der Waals surface area contributed by atoms with Gasteiger partial charge in [0.05, 0.1) is 23.4 Å². The van der Waals surface area contributed by atoms with Crippen molar-refractivity contribution in [2.24, 2.45) is 5.92 Å². The van der Waals surface area contributed by atoms with Gasteiger partial charge in [0.25, 0.3) is 0 Å². The van der Waals surface area contributed by atoms with E-state index in [4.69, 9.17) is 0 Å². The minimum absolute atomic E-state index is 0.112. The fourth-order valence-electron chi connectivity index (χ4n) is 9.20. The second-order valence-electron chi connectivity index (χ2n) is 15.4. The van der Waals surface area contributed by atoms with Crippen molar-refractivity contribution in [1.29, 1.82) is 0 Å². The molecule has 1 N–H and O–H groups in total. The third-order valence-electron chi connectivity index (χ3n) is 12.0. The van der Waals surface area contributed by atoms with Crippen molar-refractivity contribution < 1.29 is 5.11 Å². The highest BCUT2D eigenvalue weighted by atomic mass is 16.3. The summed E-state index contributed by atoms with van der Waals surface area (Å²) in [5, 5.41) is 16.6. The van der Waals surface area contributed by atoms with Crippen LogP contribution in [0.1, 0.15) is 17.5 Å². The summed E-state index contributed by atoms with van der Waals surface area (Å²) in [6.45, 7) is 0. The Morgan fingerprint density at radius 3 is 1.98 bits per heavy atom. The van der Waals surface area contributed by atoms with Gasteiger partial charge in [-0.1, -0.05) is 170 Å². The average molecular weight is 733 g/mol. The lowest BCUT2D eigenvalue weighted by Gasteiger charge is -2.34. The standard InChI is InChI=1S/C54H40N2O/c57-46-28-26-45(27-29-46)55-51-30-23-39(31-43(51)35-54(55)50-32-41-15-7-8-16-47(41)48-17-9-10-18-49(48)50)40-19-20-42-34-52(38-13-5-2-6-14-38)56(53(42)33-40)44-24-21-37(22-25-44)36-11-3-1-4-12-36/h1-28,30-35,43,46,51,57H,29H2. The molecule has 0 saturated carbocycles. The summed E-state index contributed by atoms with van der Waals surface area (Å²) in [5.41, 5.74) is 13.1. The molecule has 0 amide bonds. The average Bonchev–Trinajstić information content (AvgIpc) is 3.85. The van der Waals surface area contributed by atoms with Crippen molar-refractivity contribution in [2.75, 3.05) is 0 Å². The van der Waals surface area contributed by atoms with Gasteiger partial charge < -0.3 is 14.6 Å². The van der Waals surface area contributed by atoms with Crippen LogP contribution in [0.2, 0.25) is 0 Å². The maximum atomic E-state index is 10.4. The normalized spacial score (nSPS) is 18.9. The van der Waals surface area contributed by atoms with E-state index in [2.05, 4.69) is 210 Å². The van der Waals surface area contributed by atoms with E-state index in [-0.39, 0.29) is 12.0 Å². The summed E-state index contributed by atoms with van der Waals surface area (Å²) >= 11 is 0. The van der Waals surface area contributed by atoms with Crippen molar-refractivity contribution in [1.82, 2.24) is 9.47 Å². The predicted octanol–water partition coefficient (Wildman–Crippen LogP) is 12.8. The number of rotatable bonds is 6. The number of allylic oxidation sites excluding steroid dienone is 3. The summed E-state index contributed by atoms with van der Waals surface area (Å²) in [6, 6.07) is 59.4. The summed E-state index contributed by atoms with van der Waals surface area (Å²) in [5.74, 6) is 0.152. The molecule has 0 fully saturated rings. The van der Waals surface area contributed by atoms with Crippen LogP contribution in [0.15, 0.2) is 212 Å². The van der Waals surface area contributed by atoms with E-state index in [9.17, 15) is 5.11 Å². The number of aliphatic hydroxyl groups excluding tert-OH is 1. The Hall–Kier alpha value is -6.94. The van der Waals surface area contributed by atoms with Crippen LogP contribution in [0, 0.1) is 5.92 Å². The molecule has 3 nitrogen and oxygen atoms in total. The quantitative estimate of drug-likeness (QED) is 0.172. The molecule has 1 aliphatic heterocycles. The highest BCUT2D eigenvalue weighted by molar-refractivity contribution is 6.12. The largest absolute Gasteiger partial charge is 0.389 e. The second kappa shape index (κ2) is 13.7. The molecule has 3 atom stereocenters. The van der Waals surface area contributed by atoms with Crippen LogP contribution < -0.4 is 0 Å². The van der Waals surface area contributed by atoms with Gasteiger partial charge >= 0.3 is 0 Å². The lowest BCUT2D eigenvalue weighted by atomic mass is 9.89. The monoisotopic (exact) mass is 732 g/mol. The Morgan fingerprint density at radius 1 is 0.526 bits per heavy atom. The molecule has 11 rings (SSSR count). The van der Waals surface area contributed by atoms with E-state index in [0.29, 0.717) is 6.42 Å². The van der Waals surface area contributed by atoms with Gasteiger partial charge in [0, 0.05) is 33.9 Å². The first-order valence-corrected chi connectivity index (χ1v) is 19.9. The van der Waals surface area contributed by atoms with Crippen LogP contribution in [0.3, 0.4) is 0 Å². The second-order valence-corrected chi connectivity index (χ2v) is 15.4. The van der Waals surface area contributed by atoms with Crippen molar-refractivity contribution in [3.8, 4) is 28.1 Å². The first kappa shape index (κ1) is 33.4. The number of aromatic nitrogens is 1. The van der Waals surface area contributed by atoms with Crippen LogP contribution in [0.5, 0.6) is 0 Å². The Balaban J connectivity index is 1.03. The summed E-state index contributed by atoms with van der Waals surface area (Å²) in [4.78, 5) is 2.49. The van der Waals surface area contributed by atoms with E-state index >= 15 is 0 Å². The molecule has 272 valence electrons. The lowest BCUT2D eigenvalue weighted by Crippen LogP contribution is -2.32. The molecule has 3 aliphatic rings. The Labute approximate surface area is 332 Å². The molecule has 7 aromatic carbocycles. The molecule has 0 bridgehead atoms. The minimum atomic E-state index is -0.451. The van der Waals surface area contributed by atoms with E-state index < -0.39 is 6.10 Å². The van der Waals surface area contributed by atoms with E-state index in [1.165, 1.54) is 77.2 Å². The van der Waals surface area contributed by atoms with Gasteiger partial charge in [-0.15, -0.1) is 0 Å². The third kappa shape index (κ3) is 5.78. The van der Waals surface area contributed by atoms with Crippen molar-refractivity contribution in [3.63, 3.8) is 0 Å². The Kier molecular flexibility index (Phi) is 8.01. The predicted molar refractivity (Wildman–Crippen MR) is 238 cm³/mol. The number of fused-ring (bicyclic) bond motifs is 5. The van der Waals surface area contributed by atoms with Gasteiger partial charge in [-0.05, 0) is 92.2 Å². The molecule has 8 aromatic rings. The third-order valence-corrected chi connectivity index (χ3v) is 12.0. The zero-order valence-corrected chi connectivity index (χ0v) is 31.4. The maximum Gasteiger partial charge on any atom is 0.0759 e. The van der Waals surface area contributed by atoms with E-state index in [0.717, 1.165) is 11.4 Å². The highest BCUT2D eigenvalue weighted by Gasteiger charge is 2.37. The Morgan fingerprint density at radius 2 is 1.21 bits per heavy atom. The molecule has 2 heterocycles. The molecule has 3 heteroatoms. The van der Waals surface area contributed by atoms with E-state index in [1.807, 2.05) is 6.08 Å². The van der Waals surface area contributed by atoms with Crippen LogP contribution >= 0.6 is 0 Å². The SMILES string of the molecule is OC1C=CC(N2C(c3cc4ccccc4c4ccccc34)=CC3C=C(c4ccc5cc(-c6ccccc6)n(-c6ccc(-c7ccccc7)cc6)c5c4)C=CC32)=CC1. The highest BCUT2D eigenvalue weighted by Crippen LogP contribution is 2.46. The molecule has 0 radical (unpaired) electrons. The Bertz CT molecular complexity index is 3000. The van der Waals surface area contributed by atoms with Gasteiger partial charge in [0.1, 0.15) is 0 Å². The minimum Gasteiger partial charge on any atom is -0.389 e. The van der Waals surface area contributed by atoms with Gasteiger partial charge in [0.15, 0.2) is 0 Å². The summed E-state index contributed by atoms with van der Waals surface area (Å²) in [7, 11) is 0. The molecule has 3 unspecified atom stereocenters. The number of aliphatic hydroxyl groups is 1. The van der Waals surface area contributed by atoms with Crippen molar-refractivity contribution in [3.05, 3.63) is 223 Å². The zero-order valence-electron chi connectivity index (χ0n) is 31.4. The lowest BCUT2D eigenvalue weighted by molar-refractivity contribution is 0.223. The number of nitrogens with zero attached hydrogens (tertiary/aromatic N) is 2. The molecule has 1 aromatic heterocycles. The molecular weight excluding hydrogens is 693 g/mol. The summed E-state index contributed by atoms with van der Waals surface area (Å²) in [6.07, 6.45) is 16.0. The van der Waals surface area contributed by atoms with Crippen LogP contribution in [0.4, 0.5) is 0 Å². The molecule has 0 spiro atoms. The van der Waals surface area contributed by atoms with E-state index in [1.54, 1.807) is 0 Å². The van der Waals surface area contributed by atoms with Crippen LogP contribution in [-0.2, 0) is 0 Å². The van der Waals surface area contributed by atoms with Gasteiger partial charge in [-0.2, -0.15) is 0 Å². The molecule has 2 aliphatic carbocycles. The molecule has 0 saturated heterocycles. The molecular formula is C54H40N2O. The smallest absolute Gasteiger partial charge is 0.0759 e. The topological polar surface area (TPSA) is 28.4 Å². The van der Waals surface area contributed by atoms with Gasteiger partial charge in [-0.25, -0.2) is 0 Å². The fraction of sp³-hybridized carbons (Fsp3) is 0.0741. The fourth-order valence-corrected chi connectivity index (χ4v) is 9.20.